The fourth-order valence-electron chi connectivity index (χ4n) is 1.85. The molecule has 0 aliphatic rings. The van der Waals surface area contributed by atoms with E-state index in [0.29, 0.717) is 6.54 Å². The van der Waals surface area contributed by atoms with Gasteiger partial charge in [-0.3, -0.25) is 4.98 Å². The number of nitrogens with one attached hydrogen (secondary N) is 2. The predicted octanol–water partition coefficient (Wildman–Crippen LogP) is 3.55. The summed E-state index contributed by atoms with van der Waals surface area (Å²) in [6, 6.07) is 16.3. The summed E-state index contributed by atoms with van der Waals surface area (Å²) in [6.07, 6.45) is 1.79. The lowest BCUT2D eigenvalue weighted by Gasteiger charge is -2.11. The summed E-state index contributed by atoms with van der Waals surface area (Å²) < 4.78 is 0. The highest BCUT2D eigenvalue weighted by Crippen LogP contribution is 2.15. The number of halogens is 1. The van der Waals surface area contributed by atoms with Crippen LogP contribution >= 0.6 is 35.7 Å². The van der Waals surface area contributed by atoms with Crippen molar-refractivity contribution in [2.45, 2.75) is 18.4 Å². The number of rotatable bonds is 7. The quantitative estimate of drug-likeness (QED) is 0.227. The standard InChI is InChI=1S/C17H22N4S.HI/c1-2-18-17(21-14-15-8-6-7-11-19-15)20-12-13-22-16-9-4-3-5-10-16;/h3-11H,2,12-14H2,1H3,(H2,18,20,21);1H. The van der Waals surface area contributed by atoms with Gasteiger partial charge in [-0.15, -0.1) is 35.7 Å². The molecule has 0 bridgehead atoms. The SMILES string of the molecule is CCNC(=NCc1ccccn1)NCCSc1ccccc1.I. The van der Waals surface area contributed by atoms with Crippen molar-refractivity contribution in [3.8, 4) is 0 Å². The maximum absolute atomic E-state index is 4.55. The number of pyridine rings is 1. The number of benzene rings is 1. The molecule has 0 fully saturated rings. The molecule has 6 heteroatoms. The van der Waals surface area contributed by atoms with E-state index in [2.05, 4.69) is 51.8 Å². The Morgan fingerprint density at radius 2 is 1.87 bits per heavy atom. The van der Waals surface area contributed by atoms with Crippen LogP contribution in [-0.2, 0) is 6.54 Å². The van der Waals surface area contributed by atoms with Crippen molar-refractivity contribution in [2.24, 2.45) is 4.99 Å². The molecule has 4 nitrogen and oxygen atoms in total. The normalized spacial score (nSPS) is 10.7. The molecule has 0 saturated heterocycles. The number of hydrogen-bond donors (Lipinski definition) is 2. The van der Waals surface area contributed by atoms with Gasteiger partial charge in [0.05, 0.1) is 12.2 Å². The Labute approximate surface area is 159 Å². The second-order valence-electron chi connectivity index (χ2n) is 4.60. The van der Waals surface area contributed by atoms with Gasteiger partial charge in [-0.05, 0) is 31.2 Å². The van der Waals surface area contributed by atoms with Crippen LogP contribution < -0.4 is 10.6 Å². The highest BCUT2D eigenvalue weighted by Gasteiger charge is 1.98. The second-order valence-corrected chi connectivity index (χ2v) is 5.77. The summed E-state index contributed by atoms with van der Waals surface area (Å²) in [6.45, 7) is 4.37. The molecule has 124 valence electrons. The number of guanidine groups is 1. The first kappa shape index (κ1) is 19.8. The van der Waals surface area contributed by atoms with Crippen LogP contribution in [0.25, 0.3) is 0 Å². The van der Waals surface area contributed by atoms with Crippen LogP contribution in [0.3, 0.4) is 0 Å². The smallest absolute Gasteiger partial charge is 0.191 e. The third-order valence-corrected chi connectivity index (χ3v) is 3.89. The lowest BCUT2D eigenvalue weighted by molar-refractivity contribution is 0.837. The van der Waals surface area contributed by atoms with Gasteiger partial charge in [0.15, 0.2) is 5.96 Å². The first-order valence-corrected chi connectivity index (χ1v) is 8.47. The molecular weight excluding hydrogens is 419 g/mol. The maximum atomic E-state index is 4.55. The molecular formula is C17H23IN4S. The van der Waals surface area contributed by atoms with Crippen LogP contribution in [0.1, 0.15) is 12.6 Å². The van der Waals surface area contributed by atoms with Gasteiger partial charge in [-0.1, -0.05) is 24.3 Å². The zero-order valence-corrected chi connectivity index (χ0v) is 16.4. The monoisotopic (exact) mass is 442 g/mol. The van der Waals surface area contributed by atoms with Crippen molar-refractivity contribution in [3.63, 3.8) is 0 Å². The van der Waals surface area contributed by atoms with Crippen molar-refractivity contribution in [2.75, 3.05) is 18.8 Å². The average molecular weight is 442 g/mol. The molecule has 1 heterocycles. The first-order chi connectivity index (χ1) is 10.9. The highest BCUT2D eigenvalue weighted by molar-refractivity contribution is 14.0. The Kier molecular flexibility index (Phi) is 10.5. The lowest BCUT2D eigenvalue weighted by Crippen LogP contribution is -2.38. The van der Waals surface area contributed by atoms with E-state index in [9.17, 15) is 0 Å². The van der Waals surface area contributed by atoms with Crippen molar-refractivity contribution in [1.29, 1.82) is 0 Å². The van der Waals surface area contributed by atoms with Gasteiger partial charge in [0.1, 0.15) is 0 Å². The summed E-state index contributed by atoms with van der Waals surface area (Å²) in [7, 11) is 0. The minimum atomic E-state index is 0. The molecule has 0 unspecified atom stereocenters. The number of aliphatic imine (C=N–C) groups is 1. The molecule has 0 aliphatic carbocycles. The van der Waals surface area contributed by atoms with E-state index in [-0.39, 0.29) is 24.0 Å². The van der Waals surface area contributed by atoms with Gasteiger partial charge in [0.2, 0.25) is 0 Å². The third-order valence-electron chi connectivity index (χ3n) is 2.88. The van der Waals surface area contributed by atoms with E-state index in [1.165, 1.54) is 4.90 Å². The molecule has 2 N–H and O–H groups in total. The molecule has 0 spiro atoms. The maximum Gasteiger partial charge on any atom is 0.191 e. The number of hydrogen-bond acceptors (Lipinski definition) is 3. The number of thioether (sulfide) groups is 1. The number of aromatic nitrogens is 1. The highest BCUT2D eigenvalue weighted by atomic mass is 127. The van der Waals surface area contributed by atoms with Crippen molar-refractivity contribution >= 4 is 41.7 Å². The van der Waals surface area contributed by atoms with Gasteiger partial charge in [-0.25, -0.2) is 4.99 Å². The average Bonchev–Trinajstić information content (AvgIpc) is 2.58. The topological polar surface area (TPSA) is 49.3 Å². The van der Waals surface area contributed by atoms with Crippen LogP contribution in [-0.4, -0.2) is 29.8 Å². The molecule has 0 saturated carbocycles. The molecule has 2 rings (SSSR count). The van der Waals surface area contributed by atoms with E-state index >= 15 is 0 Å². The first-order valence-electron chi connectivity index (χ1n) is 7.48. The molecule has 1 aromatic carbocycles. The van der Waals surface area contributed by atoms with E-state index in [1.807, 2.05) is 36.0 Å². The summed E-state index contributed by atoms with van der Waals surface area (Å²) >= 11 is 1.84. The van der Waals surface area contributed by atoms with Crippen LogP contribution in [0.5, 0.6) is 0 Å². The van der Waals surface area contributed by atoms with Gasteiger partial charge in [-0.2, -0.15) is 0 Å². The van der Waals surface area contributed by atoms with E-state index < -0.39 is 0 Å². The summed E-state index contributed by atoms with van der Waals surface area (Å²) in [4.78, 5) is 10.1. The van der Waals surface area contributed by atoms with Crippen molar-refractivity contribution < 1.29 is 0 Å². The largest absolute Gasteiger partial charge is 0.357 e. The molecule has 1 aromatic heterocycles. The van der Waals surface area contributed by atoms with Gasteiger partial charge in [0, 0.05) is 29.9 Å². The zero-order chi connectivity index (χ0) is 15.5. The Balaban J connectivity index is 0.00000264. The fourth-order valence-corrected chi connectivity index (χ4v) is 2.64. The Bertz CT molecular complexity index is 563. The van der Waals surface area contributed by atoms with Crippen LogP contribution in [0.15, 0.2) is 64.6 Å². The van der Waals surface area contributed by atoms with Crippen LogP contribution in [0, 0.1) is 0 Å². The molecule has 0 radical (unpaired) electrons. The Morgan fingerprint density at radius 3 is 2.57 bits per heavy atom. The fraction of sp³-hybridized carbons (Fsp3) is 0.294. The zero-order valence-electron chi connectivity index (χ0n) is 13.2. The van der Waals surface area contributed by atoms with E-state index in [4.69, 9.17) is 0 Å². The number of nitrogens with zero attached hydrogens (tertiary/aromatic N) is 2. The third kappa shape index (κ3) is 8.22. The summed E-state index contributed by atoms with van der Waals surface area (Å²) in [5.74, 6) is 1.83. The summed E-state index contributed by atoms with van der Waals surface area (Å²) in [5, 5.41) is 6.60. The predicted molar refractivity (Wildman–Crippen MR) is 110 cm³/mol. The molecule has 0 amide bonds. The van der Waals surface area contributed by atoms with Gasteiger partial charge < -0.3 is 10.6 Å². The molecule has 23 heavy (non-hydrogen) atoms. The Hall–Kier alpha value is -1.28. The lowest BCUT2D eigenvalue weighted by atomic mass is 10.3. The van der Waals surface area contributed by atoms with Crippen molar-refractivity contribution in [1.82, 2.24) is 15.6 Å². The van der Waals surface area contributed by atoms with Crippen LogP contribution in [0.2, 0.25) is 0 Å². The minimum absolute atomic E-state index is 0. The van der Waals surface area contributed by atoms with Crippen molar-refractivity contribution in [3.05, 3.63) is 60.4 Å². The Morgan fingerprint density at radius 1 is 1.09 bits per heavy atom. The molecule has 2 aromatic rings. The van der Waals surface area contributed by atoms with E-state index in [0.717, 1.165) is 30.5 Å². The van der Waals surface area contributed by atoms with Crippen LogP contribution in [0.4, 0.5) is 0 Å². The van der Waals surface area contributed by atoms with Gasteiger partial charge >= 0.3 is 0 Å². The summed E-state index contributed by atoms with van der Waals surface area (Å²) in [5.41, 5.74) is 0.971. The second kappa shape index (κ2) is 12.2. The molecule has 0 atom stereocenters. The van der Waals surface area contributed by atoms with Gasteiger partial charge in [0.25, 0.3) is 0 Å². The minimum Gasteiger partial charge on any atom is -0.357 e. The van der Waals surface area contributed by atoms with E-state index in [1.54, 1.807) is 6.20 Å². The molecule has 0 aliphatic heterocycles.